The highest BCUT2D eigenvalue weighted by Gasteiger charge is 2.26. The number of hydrogen-bond acceptors (Lipinski definition) is 4. The van der Waals surface area contributed by atoms with Crippen LogP contribution in [0, 0.1) is 0 Å². The van der Waals surface area contributed by atoms with Crippen LogP contribution in [0.4, 0.5) is 0 Å². The van der Waals surface area contributed by atoms with E-state index in [4.69, 9.17) is 4.52 Å². The molecule has 0 amide bonds. The first-order chi connectivity index (χ1) is 9.22. The van der Waals surface area contributed by atoms with E-state index in [9.17, 15) is 4.79 Å². The zero-order valence-electron chi connectivity index (χ0n) is 10.9. The Balaban J connectivity index is 1.70. The molecule has 2 aromatic rings. The van der Waals surface area contributed by atoms with Gasteiger partial charge >= 0.3 is 0 Å². The van der Waals surface area contributed by atoms with Crippen molar-refractivity contribution in [3.63, 3.8) is 0 Å². The molecule has 0 atom stereocenters. The molecule has 0 N–H and O–H groups in total. The van der Waals surface area contributed by atoms with Crippen LogP contribution in [-0.4, -0.2) is 15.9 Å². The third-order valence-corrected chi connectivity index (χ3v) is 3.59. The van der Waals surface area contributed by atoms with E-state index in [0.29, 0.717) is 24.7 Å². The molecule has 98 valence electrons. The van der Waals surface area contributed by atoms with Crippen molar-refractivity contribution in [1.29, 1.82) is 0 Å². The maximum absolute atomic E-state index is 10.9. The van der Waals surface area contributed by atoms with Crippen LogP contribution in [0.25, 0.3) is 0 Å². The van der Waals surface area contributed by atoms with Gasteiger partial charge in [-0.05, 0) is 30.9 Å². The van der Waals surface area contributed by atoms with E-state index in [1.165, 1.54) is 11.1 Å². The summed E-state index contributed by atoms with van der Waals surface area (Å²) in [5, 5.41) is 4.06. The summed E-state index contributed by atoms with van der Waals surface area (Å²) in [4.78, 5) is 15.4. The van der Waals surface area contributed by atoms with Crippen molar-refractivity contribution in [2.45, 2.75) is 38.5 Å². The Morgan fingerprint density at radius 1 is 1.32 bits per heavy atom. The molecule has 1 aromatic heterocycles. The van der Waals surface area contributed by atoms with Gasteiger partial charge in [0.1, 0.15) is 5.78 Å². The number of aromatic nitrogens is 2. The highest BCUT2D eigenvalue weighted by atomic mass is 16.5. The minimum absolute atomic E-state index is 0.146. The van der Waals surface area contributed by atoms with Crippen molar-refractivity contribution < 1.29 is 9.32 Å². The van der Waals surface area contributed by atoms with Crippen LogP contribution in [0.3, 0.4) is 0 Å². The van der Waals surface area contributed by atoms with E-state index in [2.05, 4.69) is 34.4 Å². The molecule has 1 aliphatic carbocycles. The van der Waals surface area contributed by atoms with E-state index in [0.717, 1.165) is 18.7 Å². The molecule has 0 unspecified atom stereocenters. The summed E-state index contributed by atoms with van der Waals surface area (Å²) in [5.74, 6) is 1.80. The molecule has 0 aliphatic heterocycles. The molecule has 0 saturated heterocycles. The van der Waals surface area contributed by atoms with Gasteiger partial charge in [0, 0.05) is 18.8 Å². The second kappa shape index (κ2) is 4.96. The Hall–Kier alpha value is -1.97. The molecule has 0 fully saturated rings. The summed E-state index contributed by atoms with van der Waals surface area (Å²) in [6, 6.07) is 8.45. The van der Waals surface area contributed by atoms with E-state index < -0.39 is 0 Å². The fourth-order valence-electron chi connectivity index (χ4n) is 2.56. The van der Waals surface area contributed by atoms with Gasteiger partial charge in [0.25, 0.3) is 0 Å². The second-order valence-corrected chi connectivity index (χ2v) is 5.12. The lowest BCUT2D eigenvalue weighted by Crippen LogP contribution is -2.01. The van der Waals surface area contributed by atoms with Crippen LogP contribution < -0.4 is 0 Å². The molecule has 0 radical (unpaired) electrons. The summed E-state index contributed by atoms with van der Waals surface area (Å²) in [6.45, 7) is 1.57. The number of rotatable bonds is 4. The van der Waals surface area contributed by atoms with Gasteiger partial charge in [-0.25, -0.2) is 0 Å². The Morgan fingerprint density at radius 2 is 2.00 bits per heavy atom. The lowest BCUT2D eigenvalue weighted by atomic mass is 10.1. The van der Waals surface area contributed by atoms with Gasteiger partial charge < -0.3 is 9.32 Å². The first-order valence-electron chi connectivity index (χ1n) is 6.61. The van der Waals surface area contributed by atoms with Crippen molar-refractivity contribution >= 4 is 5.78 Å². The number of Topliss-reactive ketones (excluding diaryl/α,β-unsaturated/α-hetero) is 1. The zero-order valence-corrected chi connectivity index (χ0v) is 10.9. The normalized spacial score (nSPS) is 14.6. The smallest absolute Gasteiger partial charge is 0.227 e. The number of aryl methyl sites for hydroxylation is 1. The SMILES string of the molecule is CC(=O)CCc1nc(C2Cc3ccccc3C2)no1. The lowest BCUT2D eigenvalue weighted by molar-refractivity contribution is -0.117. The average molecular weight is 256 g/mol. The quantitative estimate of drug-likeness (QED) is 0.843. The standard InChI is InChI=1S/C15H16N2O2/c1-10(18)6-7-14-16-15(17-19-14)13-8-11-4-2-3-5-12(11)9-13/h2-5,13H,6-9H2,1H3. The van der Waals surface area contributed by atoms with Crippen LogP contribution in [-0.2, 0) is 24.1 Å². The van der Waals surface area contributed by atoms with Gasteiger partial charge in [0.05, 0.1) is 0 Å². The van der Waals surface area contributed by atoms with E-state index >= 15 is 0 Å². The fourth-order valence-corrected chi connectivity index (χ4v) is 2.56. The molecule has 4 heteroatoms. The number of hydrogen-bond donors (Lipinski definition) is 0. The number of ketones is 1. The van der Waals surface area contributed by atoms with E-state index in [1.54, 1.807) is 6.92 Å². The highest BCUT2D eigenvalue weighted by molar-refractivity contribution is 5.75. The Morgan fingerprint density at radius 3 is 2.63 bits per heavy atom. The number of fused-ring (bicyclic) bond motifs is 1. The largest absolute Gasteiger partial charge is 0.339 e. The topological polar surface area (TPSA) is 56.0 Å². The Bertz CT molecular complexity index is 579. The van der Waals surface area contributed by atoms with Gasteiger partial charge in [0.15, 0.2) is 5.82 Å². The average Bonchev–Trinajstić information content (AvgIpc) is 3.02. The number of benzene rings is 1. The molecule has 1 aromatic carbocycles. The third kappa shape index (κ3) is 2.57. The Labute approximate surface area is 111 Å². The van der Waals surface area contributed by atoms with Gasteiger partial charge in [-0.1, -0.05) is 29.4 Å². The van der Waals surface area contributed by atoms with Crippen LogP contribution in [0.2, 0.25) is 0 Å². The van der Waals surface area contributed by atoms with Gasteiger partial charge in [-0.3, -0.25) is 0 Å². The monoisotopic (exact) mass is 256 g/mol. The fraction of sp³-hybridized carbons (Fsp3) is 0.400. The van der Waals surface area contributed by atoms with Gasteiger partial charge in [0.2, 0.25) is 5.89 Å². The van der Waals surface area contributed by atoms with Crippen molar-refractivity contribution in [2.75, 3.05) is 0 Å². The van der Waals surface area contributed by atoms with Crippen LogP contribution >= 0.6 is 0 Å². The molecule has 0 bridgehead atoms. The highest BCUT2D eigenvalue weighted by Crippen LogP contribution is 2.32. The summed E-state index contributed by atoms with van der Waals surface area (Å²) >= 11 is 0. The minimum atomic E-state index is 0.146. The van der Waals surface area contributed by atoms with Crippen molar-refractivity contribution in [2.24, 2.45) is 0 Å². The molecule has 0 spiro atoms. The number of nitrogens with zero attached hydrogens (tertiary/aromatic N) is 2. The second-order valence-electron chi connectivity index (χ2n) is 5.12. The number of carbonyl (C=O) groups excluding carboxylic acids is 1. The van der Waals surface area contributed by atoms with E-state index in [1.807, 2.05) is 0 Å². The van der Waals surface area contributed by atoms with Crippen molar-refractivity contribution in [3.8, 4) is 0 Å². The molecule has 19 heavy (non-hydrogen) atoms. The minimum Gasteiger partial charge on any atom is -0.339 e. The molecular formula is C15H16N2O2. The molecule has 4 nitrogen and oxygen atoms in total. The van der Waals surface area contributed by atoms with Crippen molar-refractivity contribution in [3.05, 3.63) is 47.1 Å². The zero-order chi connectivity index (χ0) is 13.2. The Kier molecular flexibility index (Phi) is 3.15. The first kappa shape index (κ1) is 12.1. The summed E-state index contributed by atoms with van der Waals surface area (Å²) in [5.41, 5.74) is 2.75. The van der Waals surface area contributed by atoms with E-state index in [-0.39, 0.29) is 5.78 Å². The van der Waals surface area contributed by atoms with Gasteiger partial charge in [-0.2, -0.15) is 4.98 Å². The molecule has 1 aliphatic rings. The predicted molar refractivity (Wildman–Crippen MR) is 69.9 cm³/mol. The molecule has 1 heterocycles. The summed E-state index contributed by atoms with van der Waals surface area (Å²) < 4.78 is 5.21. The van der Waals surface area contributed by atoms with Crippen LogP contribution in [0.1, 0.15) is 42.1 Å². The summed E-state index contributed by atoms with van der Waals surface area (Å²) in [6.07, 6.45) is 2.96. The maximum atomic E-state index is 10.9. The third-order valence-electron chi connectivity index (χ3n) is 3.59. The maximum Gasteiger partial charge on any atom is 0.227 e. The molecule has 0 saturated carbocycles. The first-order valence-corrected chi connectivity index (χ1v) is 6.61. The van der Waals surface area contributed by atoms with Crippen LogP contribution in [0.15, 0.2) is 28.8 Å². The number of carbonyl (C=O) groups is 1. The van der Waals surface area contributed by atoms with Gasteiger partial charge in [-0.15, -0.1) is 0 Å². The molecule has 3 rings (SSSR count). The molecular weight excluding hydrogens is 240 g/mol. The van der Waals surface area contributed by atoms with Crippen LogP contribution in [0.5, 0.6) is 0 Å². The summed E-state index contributed by atoms with van der Waals surface area (Å²) in [7, 11) is 0. The van der Waals surface area contributed by atoms with Crippen molar-refractivity contribution in [1.82, 2.24) is 10.1 Å². The lowest BCUT2D eigenvalue weighted by Gasteiger charge is -2.00. The predicted octanol–water partition coefficient (Wildman–Crippen LogP) is 2.47.